The Morgan fingerprint density at radius 2 is 1.76 bits per heavy atom. The number of anilines is 3. The lowest BCUT2D eigenvalue weighted by Gasteiger charge is -2.14. The predicted octanol–water partition coefficient (Wildman–Crippen LogP) is 6.97. The van der Waals surface area contributed by atoms with Gasteiger partial charge >= 0.3 is 0 Å². The molecule has 1 amide bonds. The number of benzene rings is 2. The van der Waals surface area contributed by atoms with Gasteiger partial charge in [-0.15, -0.1) is 11.3 Å². The third kappa shape index (κ3) is 4.47. The maximum absolute atomic E-state index is 12.9. The first-order valence-corrected chi connectivity index (χ1v) is 11.5. The molecule has 0 saturated carbocycles. The summed E-state index contributed by atoms with van der Waals surface area (Å²) >= 11 is 1.60. The number of nitrogens with one attached hydrogen (secondary N) is 2. The lowest BCUT2D eigenvalue weighted by molar-refractivity contribution is 0.102. The monoisotopic (exact) mass is 450 g/mol. The van der Waals surface area contributed by atoms with Crippen LogP contribution in [0.25, 0.3) is 21.5 Å². The first-order valence-electron chi connectivity index (χ1n) is 10.6. The molecule has 33 heavy (non-hydrogen) atoms. The third-order valence-corrected chi connectivity index (χ3v) is 6.27. The van der Waals surface area contributed by atoms with Crippen molar-refractivity contribution in [2.24, 2.45) is 0 Å². The minimum atomic E-state index is -0.142. The van der Waals surface area contributed by atoms with Crippen LogP contribution in [0, 0.1) is 13.8 Å². The molecule has 0 aliphatic rings. The fourth-order valence-corrected chi connectivity index (χ4v) is 4.48. The molecule has 3 heterocycles. The van der Waals surface area contributed by atoms with Gasteiger partial charge in [-0.1, -0.05) is 18.2 Å². The van der Waals surface area contributed by atoms with E-state index in [9.17, 15) is 4.79 Å². The highest BCUT2D eigenvalue weighted by atomic mass is 32.1. The molecule has 5 aromatic rings. The van der Waals surface area contributed by atoms with Gasteiger partial charge in [-0.25, -0.2) is 4.98 Å². The molecule has 0 spiro atoms. The molecule has 5 rings (SSSR count). The Morgan fingerprint density at radius 3 is 2.58 bits per heavy atom. The van der Waals surface area contributed by atoms with Crippen molar-refractivity contribution in [2.45, 2.75) is 13.8 Å². The molecule has 0 radical (unpaired) electrons. The molecule has 6 heteroatoms. The zero-order valence-electron chi connectivity index (χ0n) is 18.3. The van der Waals surface area contributed by atoms with Crippen LogP contribution in [0.3, 0.4) is 0 Å². The highest BCUT2D eigenvalue weighted by Crippen LogP contribution is 2.34. The third-order valence-electron chi connectivity index (χ3n) is 5.46. The predicted molar refractivity (Wildman–Crippen MR) is 136 cm³/mol. The van der Waals surface area contributed by atoms with Crippen molar-refractivity contribution in [2.75, 3.05) is 10.6 Å². The number of pyridine rings is 2. The maximum Gasteiger partial charge on any atom is 0.255 e. The molecule has 0 bridgehead atoms. The van der Waals surface area contributed by atoms with Gasteiger partial charge in [0.15, 0.2) is 0 Å². The summed E-state index contributed by atoms with van der Waals surface area (Å²) in [7, 11) is 0. The number of aromatic nitrogens is 2. The van der Waals surface area contributed by atoms with Gasteiger partial charge in [0.05, 0.1) is 11.4 Å². The average Bonchev–Trinajstić information content (AvgIpc) is 3.30. The fourth-order valence-electron chi connectivity index (χ4n) is 3.69. The van der Waals surface area contributed by atoms with Crippen molar-refractivity contribution in [3.63, 3.8) is 0 Å². The lowest BCUT2D eigenvalue weighted by atomic mass is 10.1. The first-order chi connectivity index (χ1) is 16.1. The number of carbonyl (C=O) groups is 1. The second-order valence-electron chi connectivity index (χ2n) is 7.91. The Hall–Kier alpha value is -4.03. The van der Waals surface area contributed by atoms with Gasteiger partial charge in [0.1, 0.15) is 4.83 Å². The SMILES string of the molecule is Cc1cccc(NC(=O)c2ccc(C)c(Nc3cc(-c4ccncc4)nc4sccc34)c2)c1. The van der Waals surface area contributed by atoms with Crippen LogP contribution >= 0.6 is 11.3 Å². The minimum absolute atomic E-state index is 0.142. The van der Waals surface area contributed by atoms with Gasteiger partial charge < -0.3 is 10.6 Å². The van der Waals surface area contributed by atoms with Gasteiger partial charge in [-0.05, 0) is 78.9 Å². The number of aryl methyl sites for hydroxylation is 2. The molecule has 5 nitrogen and oxygen atoms in total. The van der Waals surface area contributed by atoms with Crippen molar-refractivity contribution in [3.8, 4) is 11.3 Å². The second-order valence-corrected chi connectivity index (χ2v) is 8.80. The summed E-state index contributed by atoms with van der Waals surface area (Å²) in [5.74, 6) is -0.142. The van der Waals surface area contributed by atoms with E-state index in [-0.39, 0.29) is 5.91 Å². The molecule has 0 saturated heterocycles. The number of thiophene rings is 1. The normalized spacial score (nSPS) is 10.8. The number of hydrogen-bond donors (Lipinski definition) is 2. The van der Waals surface area contributed by atoms with E-state index in [1.165, 1.54) is 0 Å². The van der Waals surface area contributed by atoms with E-state index in [4.69, 9.17) is 4.98 Å². The average molecular weight is 451 g/mol. The molecule has 2 aromatic carbocycles. The first kappa shape index (κ1) is 20.8. The quantitative estimate of drug-likeness (QED) is 0.303. The summed E-state index contributed by atoms with van der Waals surface area (Å²) in [5.41, 5.74) is 7.24. The van der Waals surface area contributed by atoms with Gasteiger partial charge in [0.2, 0.25) is 0 Å². The second kappa shape index (κ2) is 8.84. The molecular weight excluding hydrogens is 428 g/mol. The van der Waals surface area contributed by atoms with E-state index in [0.29, 0.717) is 5.56 Å². The summed E-state index contributed by atoms with van der Waals surface area (Å²) in [6.07, 6.45) is 3.53. The zero-order valence-corrected chi connectivity index (χ0v) is 19.1. The van der Waals surface area contributed by atoms with E-state index in [1.54, 1.807) is 23.7 Å². The minimum Gasteiger partial charge on any atom is -0.355 e. The zero-order chi connectivity index (χ0) is 22.8. The van der Waals surface area contributed by atoms with Crippen LogP contribution in [0.4, 0.5) is 17.1 Å². The lowest BCUT2D eigenvalue weighted by Crippen LogP contribution is -2.12. The molecular formula is C27H22N4OS. The number of nitrogens with zero attached hydrogens (tertiary/aromatic N) is 2. The fraction of sp³-hybridized carbons (Fsp3) is 0.0741. The van der Waals surface area contributed by atoms with Crippen molar-refractivity contribution in [1.82, 2.24) is 9.97 Å². The van der Waals surface area contributed by atoms with E-state index >= 15 is 0 Å². The molecule has 0 fully saturated rings. The van der Waals surface area contributed by atoms with Gasteiger partial charge in [-0.2, -0.15) is 0 Å². The standard InChI is InChI=1S/C27H22N4OS/c1-17-4-3-5-21(14-17)29-26(32)20-7-6-18(2)23(15-20)30-25-16-24(19-8-11-28-12-9-19)31-27-22(25)10-13-33-27/h3-16H,1-2H3,(H,29,32)(H,30,31). The summed E-state index contributed by atoms with van der Waals surface area (Å²) in [6.45, 7) is 4.03. The number of fused-ring (bicyclic) bond motifs is 1. The number of amides is 1. The molecule has 0 aliphatic carbocycles. The highest BCUT2D eigenvalue weighted by Gasteiger charge is 2.13. The Bertz CT molecular complexity index is 1460. The molecule has 162 valence electrons. The number of hydrogen-bond acceptors (Lipinski definition) is 5. The molecule has 0 atom stereocenters. The van der Waals surface area contributed by atoms with E-state index in [1.807, 2.05) is 79.9 Å². The summed E-state index contributed by atoms with van der Waals surface area (Å²) < 4.78 is 0. The van der Waals surface area contributed by atoms with Crippen LogP contribution in [0.1, 0.15) is 21.5 Å². The van der Waals surface area contributed by atoms with E-state index in [0.717, 1.165) is 49.7 Å². The van der Waals surface area contributed by atoms with Gasteiger partial charge in [0.25, 0.3) is 5.91 Å². The summed E-state index contributed by atoms with van der Waals surface area (Å²) in [4.78, 5) is 22.8. The molecule has 0 aliphatic heterocycles. The van der Waals surface area contributed by atoms with Crippen LogP contribution in [-0.2, 0) is 0 Å². The van der Waals surface area contributed by atoms with Crippen LogP contribution in [0.15, 0.2) is 84.5 Å². The van der Waals surface area contributed by atoms with Crippen LogP contribution in [0.5, 0.6) is 0 Å². The van der Waals surface area contributed by atoms with E-state index < -0.39 is 0 Å². The van der Waals surface area contributed by atoms with Gasteiger partial charge in [-0.3, -0.25) is 9.78 Å². The number of carbonyl (C=O) groups excluding carboxylic acids is 1. The molecule has 3 aromatic heterocycles. The molecule has 2 N–H and O–H groups in total. The van der Waals surface area contributed by atoms with Crippen molar-refractivity contribution in [1.29, 1.82) is 0 Å². The smallest absolute Gasteiger partial charge is 0.255 e. The van der Waals surface area contributed by atoms with E-state index in [2.05, 4.69) is 21.7 Å². The Labute approximate surface area is 196 Å². The maximum atomic E-state index is 12.9. The summed E-state index contributed by atoms with van der Waals surface area (Å²) in [5, 5.41) is 9.62. The van der Waals surface area contributed by atoms with Crippen LogP contribution in [-0.4, -0.2) is 15.9 Å². The molecule has 0 unspecified atom stereocenters. The topological polar surface area (TPSA) is 66.9 Å². The Morgan fingerprint density at radius 1 is 0.909 bits per heavy atom. The Kier molecular flexibility index (Phi) is 5.59. The van der Waals surface area contributed by atoms with Crippen LogP contribution < -0.4 is 10.6 Å². The Balaban J connectivity index is 1.48. The van der Waals surface area contributed by atoms with Crippen molar-refractivity contribution < 1.29 is 4.79 Å². The van der Waals surface area contributed by atoms with Crippen LogP contribution in [0.2, 0.25) is 0 Å². The summed E-state index contributed by atoms with van der Waals surface area (Å²) in [6, 6.07) is 21.5. The van der Waals surface area contributed by atoms with Gasteiger partial charge in [0, 0.05) is 40.3 Å². The van der Waals surface area contributed by atoms with Crippen molar-refractivity contribution in [3.05, 3.63) is 101 Å². The number of rotatable bonds is 5. The van der Waals surface area contributed by atoms with Crippen molar-refractivity contribution >= 4 is 44.5 Å². The largest absolute Gasteiger partial charge is 0.355 e. The highest BCUT2D eigenvalue weighted by molar-refractivity contribution is 7.16.